The van der Waals surface area contributed by atoms with Gasteiger partial charge in [-0.25, -0.2) is 9.48 Å². The molecule has 0 saturated carbocycles. The number of hydrogen-bond donors (Lipinski definition) is 2. The van der Waals surface area contributed by atoms with Crippen molar-refractivity contribution < 1.29 is 14.3 Å². The number of ether oxygens (including phenoxy) is 2. The minimum absolute atomic E-state index is 0.0663. The van der Waals surface area contributed by atoms with Crippen LogP contribution in [0.5, 0.6) is 0 Å². The van der Waals surface area contributed by atoms with Gasteiger partial charge in [0, 0.05) is 57.0 Å². The first-order valence-corrected chi connectivity index (χ1v) is 13.6. The highest BCUT2D eigenvalue weighted by Crippen LogP contribution is 2.33. The van der Waals surface area contributed by atoms with Crippen LogP contribution < -0.4 is 10.6 Å². The van der Waals surface area contributed by atoms with Crippen molar-refractivity contribution in [2.45, 2.75) is 32.1 Å². The second kappa shape index (κ2) is 11.2. The second-order valence-electron chi connectivity index (χ2n) is 10.6. The molecule has 10 heteroatoms. The van der Waals surface area contributed by atoms with Gasteiger partial charge in [0.1, 0.15) is 11.5 Å². The quantitative estimate of drug-likeness (QED) is 0.352. The second-order valence-corrected chi connectivity index (χ2v) is 10.6. The average Bonchev–Trinajstić information content (AvgIpc) is 3.75. The van der Waals surface area contributed by atoms with E-state index >= 15 is 0 Å². The highest BCUT2D eigenvalue weighted by molar-refractivity contribution is 5.91. The third kappa shape index (κ3) is 5.25. The van der Waals surface area contributed by atoms with Crippen LogP contribution in [0.1, 0.15) is 28.2 Å². The lowest BCUT2D eigenvalue weighted by molar-refractivity contribution is 0.134. The van der Waals surface area contributed by atoms with E-state index in [0.29, 0.717) is 25.6 Å². The number of nitrogens with zero attached hydrogens (tertiary/aromatic N) is 5. The van der Waals surface area contributed by atoms with Crippen molar-refractivity contribution >= 4 is 11.8 Å². The Kier molecular flexibility index (Phi) is 7.38. The number of fused-ring (bicyclic) bond motifs is 1. The number of urea groups is 1. The average molecular weight is 542 g/mol. The molecule has 10 nitrogen and oxygen atoms in total. The minimum atomic E-state index is -0.258. The van der Waals surface area contributed by atoms with E-state index in [4.69, 9.17) is 14.6 Å². The normalized spacial score (nSPS) is 18.7. The summed E-state index contributed by atoms with van der Waals surface area (Å²) in [6.45, 7) is 6.34. The number of aromatic nitrogens is 4. The largest absolute Gasteiger partial charge is 0.383 e. The van der Waals surface area contributed by atoms with Crippen LogP contribution in [0.4, 0.5) is 10.6 Å². The molecule has 40 heavy (non-hydrogen) atoms. The van der Waals surface area contributed by atoms with Gasteiger partial charge in [0.15, 0.2) is 0 Å². The van der Waals surface area contributed by atoms with Gasteiger partial charge in [0.2, 0.25) is 0 Å². The Bertz CT molecular complexity index is 1500. The van der Waals surface area contributed by atoms with E-state index in [1.165, 1.54) is 16.7 Å². The van der Waals surface area contributed by atoms with Gasteiger partial charge in [-0.2, -0.15) is 10.2 Å². The SMILES string of the molecule is COCCN1C[C@@H](NC(=O)Nc2c(C)c(-c3cnn(C)c3)nn2-c2ccccc2)[C@H](c2ccc3c(c2)COC3)C1. The number of anilines is 1. The van der Waals surface area contributed by atoms with Gasteiger partial charge >= 0.3 is 6.03 Å². The Morgan fingerprint density at radius 2 is 1.95 bits per heavy atom. The highest BCUT2D eigenvalue weighted by Gasteiger charge is 2.35. The standard InChI is InChI=1S/C30H35N7O3/c1-20-28(24-14-31-35(2)15-24)34-37(25-7-5-4-6-8-25)29(20)33-30(38)32-27-17-36(11-12-39-3)16-26(27)21-9-10-22-18-40-19-23(22)13-21/h4-10,13-15,26-27H,11-12,16-19H2,1-3H3,(H2,32,33,38)/t26-,27+/m0/s1. The topological polar surface area (TPSA) is 98.5 Å². The number of amides is 2. The van der Waals surface area contributed by atoms with Gasteiger partial charge in [0.05, 0.1) is 37.7 Å². The molecule has 0 bridgehead atoms. The van der Waals surface area contributed by atoms with Crippen LogP contribution in [-0.4, -0.2) is 69.9 Å². The van der Waals surface area contributed by atoms with E-state index in [2.05, 4.69) is 38.8 Å². The fourth-order valence-electron chi connectivity index (χ4n) is 5.72. The Morgan fingerprint density at radius 3 is 2.73 bits per heavy atom. The maximum Gasteiger partial charge on any atom is 0.320 e. The van der Waals surface area contributed by atoms with E-state index in [0.717, 1.165) is 42.1 Å². The Morgan fingerprint density at radius 1 is 1.12 bits per heavy atom. The summed E-state index contributed by atoms with van der Waals surface area (Å²) < 4.78 is 14.5. The molecule has 2 aromatic carbocycles. The number of nitrogens with one attached hydrogen (secondary N) is 2. The summed E-state index contributed by atoms with van der Waals surface area (Å²) in [5, 5.41) is 15.6. The van der Waals surface area contributed by atoms with Crippen molar-refractivity contribution in [3.63, 3.8) is 0 Å². The maximum atomic E-state index is 13.6. The van der Waals surface area contributed by atoms with Crippen LogP contribution in [0.3, 0.4) is 0 Å². The Hall–Kier alpha value is -3.99. The van der Waals surface area contributed by atoms with Crippen LogP contribution in [0.2, 0.25) is 0 Å². The monoisotopic (exact) mass is 541 g/mol. The molecule has 2 atom stereocenters. The predicted octanol–water partition coefficient (Wildman–Crippen LogP) is 3.85. The van der Waals surface area contributed by atoms with Crippen molar-refractivity contribution in [3.05, 3.63) is 83.2 Å². The molecule has 2 aliphatic rings. The van der Waals surface area contributed by atoms with Crippen LogP contribution in [0.15, 0.2) is 60.9 Å². The molecule has 208 valence electrons. The van der Waals surface area contributed by atoms with E-state index < -0.39 is 0 Å². The number of likely N-dealkylation sites (tertiary alicyclic amines) is 1. The lowest BCUT2D eigenvalue weighted by Crippen LogP contribution is -2.42. The molecule has 6 rings (SSSR count). The molecule has 1 saturated heterocycles. The van der Waals surface area contributed by atoms with Crippen molar-refractivity contribution in [3.8, 4) is 16.9 Å². The molecular formula is C30H35N7O3. The molecular weight excluding hydrogens is 506 g/mol. The predicted molar refractivity (Wildman–Crippen MR) is 152 cm³/mol. The van der Waals surface area contributed by atoms with Crippen LogP contribution in [0.25, 0.3) is 16.9 Å². The number of para-hydroxylation sites is 1. The van der Waals surface area contributed by atoms with Crippen molar-refractivity contribution in [2.24, 2.45) is 7.05 Å². The van der Waals surface area contributed by atoms with Gasteiger partial charge in [-0.05, 0) is 35.7 Å². The molecule has 2 amide bonds. The highest BCUT2D eigenvalue weighted by atomic mass is 16.5. The first-order chi connectivity index (χ1) is 19.5. The number of rotatable bonds is 8. The molecule has 2 N–H and O–H groups in total. The van der Waals surface area contributed by atoms with Gasteiger partial charge in [-0.15, -0.1) is 0 Å². The summed E-state index contributed by atoms with van der Waals surface area (Å²) in [6, 6.07) is 16.1. The number of aryl methyl sites for hydroxylation is 1. The van der Waals surface area contributed by atoms with Crippen molar-refractivity contribution in [1.82, 2.24) is 29.8 Å². The van der Waals surface area contributed by atoms with Crippen LogP contribution in [0, 0.1) is 6.92 Å². The van der Waals surface area contributed by atoms with Gasteiger partial charge in [-0.3, -0.25) is 14.9 Å². The smallest absolute Gasteiger partial charge is 0.320 e. The van der Waals surface area contributed by atoms with E-state index in [1.54, 1.807) is 22.7 Å². The number of benzene rings is 2. The molecule has 4 heterocycles. The van der Waals surface area contributed by atoms with Gasteiger partial charge < -0.3 is 14.8 Å². The molecule has 0 radical (unpaired) electrons. The number of carbonyl (C=O) groups excluding carboxylic acids is 1. The Labute approximate surface area is 233 Å². The molecule has 0 spiro atoms. The zero-order chi connectivity index (χ0) is 27.6. The van der Waals surface area contributed by atoms with E-state index in [-0.39, 0.29) is 18.0 Å². The summed E-state index contributed by atoms with van der Waals surface area (Å²) >= 11 is 0. The number of methoxy groups -OCH3 is 1. The molecule has 2 aromatic heterocycles. The summed E-state index contributed by atoms with van der Waals surface area (Å²) in [7, 11) is 3.59. The summed E-state index contributed by atoms with van der Waals surface area (Å²) in [6.07, 6.45) is 3.71. The first kappa shape index (κ1) is 26.2. The lowest BCUT2D eigenvalue weighted by Gasteiger charge is -2.21. The van der Waals surface area contributed by atoms with E-state index in [1.807, 2.05) is 50.5 Å². The zero-order valence-electron chi connectivity index (χ0n) is 23.1. The van der Waals surface area contributed by atoms with Crippen LogP contribution in [-0.2, 0) is 29.7 Å². The summed E-state index contributed by atoms with van der Waals surface area (Å²) in [4.78, 5) is 15.9. The third-order valence-corrected chi connectivity index (χ3v) is 7.83. The molecule has 0 aliphatic carbocycles. The molecule has 2 aliphatic heterocycles. The minimum Gasteiger partial charge on any atom is -0.383 e. The van der Waals surface area contributed by atoms with Crippen molar-refractivity contribution in [2.75, 3.05) is 38.7 Å². The third-order valence-electron chi connectivity index (χ3n) is 7.83. The fourth-order valence-corrected chi connectivity index (χ4v) is 5.72. The first-order valence-electron chi connectivity index (χ1n) is 13.6. The fraction of sp³-hybridized carbons (Fsp3) is 0.367. The summed E-state index contributed by atoms with van der Waals surface area (Å²) in [5.74, 6) is 0.780. The van der Waals surface area contributed by atoms with Crippen molar-refractivity contribution in [1.29, 1.82) is 0 Å². The Balaban J connectivity index is 1.27. The summed E-state index contributed by atoms with van der Waals surface area (Å²) in [5.41, 5.74) is 7.10. The van der Waals surface area contributed by atoms with Gasteiger partial charge in [-0.1, -0.05) is 36.4 Å². The van der Waals surface area contributed by atoms with E-state index in [9.17, 15) is 4.79 Å². The lowest BCUT2D eigenvalue weighted by atomic mass is 9.92. The molecule has 1 fully saturated rings. The molecule has 4 aromatic rings. The molecule has 0 unspecified atom stereocenters. The number of carbonyl (C=O) groups is 1. The maximum absolute atomic E-state index is 13.6. The van der Waals surface area contributed by atoms with Gasteiger partial charge in [0.25, 0.3) is 0 Å². The zero-order valence-corrected chi connectivity index (χ0v) is 23.1. The van der Waals surface area contributed by atoms with Crippen LogP contribution >= 0.6 is 0 Å². The number of hydrogen-bond acceptors (Lipinski definition) is 6.